The molecule has 0 saturated heterocycles. The van der Waals surface area contributed by atoms with Gasteiger partial charge in [-0.1, -0.05) is 25.3 Å². The molecule has 0 fully saturated rings. The Kier molecular flexibility index (Phi) is 4.96. The molecule has 2 rings (SSSR count). The lowest BCUT2D eigenvalue weighted by atomic mass is 10.1. The number of carbonyl (C=O) groups excluding carboxylic acids is 2. The molecule has 0 heterocycles. The number of ether oxygens (including phenoxy) is 2. The summed E-state index contributed by atoms with van der Waals surface area (Å²) in [5.74, 6) is 0.463. The maximum absolute atomic E-state index is 11.5. The molecule has 0 aliphatic carbocycles. The Morgan fingerprint density at radius 3 is 2.04 bits per heavy atom. The maximum Gasteiger partial charge on any atom is 0.338 e. The van der Waals surface area contributed by atoms with Gasteiger partial charge >= 0.3 is 5.97 Å². The van der Waals surface area contributed by atoms with E-state index in [1.165, 1.54) is 0 Å². The van der Waals surface area contributed by atoms with E-state index in [1.807, 2.05) is 18.2 Å². The molecule has 0 N–H and O–H groups in total. The smallest absolute Gasteiger partial charge is 0.338 e. The van der Waals surface area contributed by atoms with Crippen LogP contribution < -0.4 is 9.47 Å². The SMILES string of the molecule is C=C(C)C(=O)COc1ccc2cc(OC(=O)C(=C)C)ccc2c1. The van der Waals surface area contributed by atoms with E-state index in [2.05, 4.69) is 13.2 Å². The first-order chi connectivity index (χ1) is 10.9. The highest BCUT2D eigenvalue weighted by Crippen LogP contribution is 2.25. The zero-order valence-electron chi connectivity index (χ0n) is 13.2. The highest BCUT2D eigenvalue weighted by Gasteiger charge is 2.07. The zero-order chi connectivity index (χ0) is 17.0. The molecule has 0 unspecified atom stereocenters. The number of rotatable bonds is 6. The van der Waals surface area contributed by atoms with Gasteiger partial charge in [-0.15, -0.1) is 0 Å². The van der Waals surface area contributed by atoms with E-state index in [0.717, 1.165) is 10.8 Å². The molecule has 0 aliphatic heterocycles. The first-order valence-electron chi connectivity index (χ1n) is 7.10. The first kappa shape index (κ1) is 16.5. The van der Waals surface area contributed by atoms with E-state index in [0.29, 0.717) is 22.6 Å². The summed E-state index contributed by atoms with van der Waals surface area (Å²) in [7, 11) is 0. The number of hydrogen-bond donors (Lipinski definition) is 0. The fraction of sp³-hybridized carbons (Fsp3) is 0.158. The minimum absolute atomic E-state index is 0.0326. The van der Waals surface area contributed by atoms with Gasteiger partial charge in [-0.3, -0.25) is 4.79 Å². The van der Waals surface area contributed by atoms with E-state index < -0.39 is 5.97 Å². The van der Waals surface area contributed by atoms with E-state index in [9.17, 15) is 9.59 Å². The van der Waals surface area contributed by atoms with Gasteiger partial charge in [0.2, 0.25) is 0 Å². The van der Waals surface area contributed by atoms with Crippen LogP contribution in [0.2, 0.25) is 0 Å². The van der Waals surface area contributed by atoms with Gasteiger partial charge in [0, 0.05) is 5.57 Å². The third-order valence-corrected chi connectivity index (χ3v) is 3.19. The van der Waals surface area contributed by atoms with Crippen molar-refractivity contribution in [2.75, 3.05) is 6.61 Å². The van der Waals surface area contributed by atoms with Gasteiger partial charge in [0.1, 0.15) is 11.5 Å². The zero-order valence-corrected chi connectivity index (χ0v) is 13.2. The quantitative estimate of drug-likeness (QED) is 0.462. The van der Waals surface area contributed by atoms with Crippen molar-refractivity contribution in [1.29, 1.82) is 0 Å². The Morgan fingerprint density at radius 1 is 0.913 bits per heavy atom. The van der Waals surface area contributed by atoms with Crippen LogP contribution in [0.4, 0.5) is 0 Å². The molecule has 0 aliphatic rings. The van der Waals surface area contributed by atoms with Gasteiger partial charge in [0.05, 0.1) is 0 Å². The molecule has 0 saturated carbocycles. The highest BCUT2D eigenvalue weighted by atomic mass is 16.5. The fourth-order valence-electron chi connectivity index (χ4n) is 1.82. The third kappa shape index (κ3) is 4.30. The fourth-order valence-corrected chi connectivity index (χ4v) is 1.82. The molecule has 0 spiro atoms. The van der Waals surface area contributed by atoms with Crippen molar-refractivity contribution in [2.24, 2.45) is 0 Å². The minimum atomic E-state index is -0.456. The third-order valence-electron chi connectivity index (χ3n) is 3.19. The van der Waals surface area contributed by atoms with Gasteiger partial charge in [-0.2, -0.15) is 0 Å². The van der Waals surface area contributed by atoms with Crippen LogP contribution in [0.3, 0.4) is 0 Å². The second-order valence-corrected chi connectivity index (χ2v) is 5.33. The second kappa shape index (κ2) is 6.92. The van der Waals surface area contributed by atoms with Gasteiger partial charge in [-0.25, -0.2) is 4.79 Å². The summed E-state index contributed by atoms with van der Waals surface area (Å²) in [5.41, 5.74) is 0.811. The Hall–Kier alpha value is -2.88. The summed E-state index contributed by atoms with van der Waals surface area (Å²) < 4.78 is 10.7. The summed E-state index contributed by atoms with van der Waals surface area (Å²) in [6.07, 6.45) is 0. The molecular weight excluding hydrogens is 292 g/mol. The lowest BCUT2D eigenvalue weighted by Crippen LogP contribution is -2.11. The van der Waals surface area contributed by atoms with Crippen molar-refractivity contribution in [3.8, 4) is 11.5 Å². The van der Waals surface area contributed by atoms with E-state index in [4.69, 9.17) is 9.47 Å². The van der Waals surface area contributed by atoms with Crippen LogP contribution in [-0.2, 0) is 9.59 Å². The van der Waals surface area contributed by atoms with Crippen LogP contribution in [0.1, 0.15) is 13.8 Å². The van der Waals surface area contributed by atoms with Gasteiger partial charge in [0.15, 0.2) is 12.4 Å². The summed E-state index contributed by atoms with van der Waals surface area (Å²) in [4.78, 5) is 23.0. The van der Waals surface area contributed by atoms with Gasteiger partial charge in [0.25, 0.3) is 0 Å². The van der Waals surface area contributed by atoms with Crippen LogP contribution in [0, 0.1) is 0 Å². The molecule has 4 heteroatoms. The molecule has 0 atom stereocenters. The predicted octanol–water partition coefficient (Wildman–Crippen LogP) is 3.85. The van der Waals surface area contributed by atoms with Crippen molar-refractivity contribution in [2.45, 2.75) is 13.8 Å². The molecule has 0 aromatic heterocycles. The van der Waals surface area contributed by atoms with Gasteiger partial charge in [-0.05, 0) is 54.5 Å². The molecule has 118 valence electrons. The molecule has 0 bridgehead atoms. The van der Waals surface area contributed by atoms with E-state index in [-0.39, 0.29) is 12.4 Å². The number of esters is 1. The highest BCUT2D eigenvalue weighted by molar-refractivity contribution is 5.95. The minimum Gasteiger partial charge on any atom is -0.485 e. The number of hydrogen-bond acceptors (Lipinski definition) is 4. The average molecular weight is 310 g/mol. The van der Waals surface area contributed by atoms with Crippen molar-refractivity contribution in [3.63, 3.8) is 0 Å². The first-order valence-corrected chi connectivity index (χ1v) is 7.10. The van der Waals surface area contributed by atoms with Crippen LogP contribution in [0.25, 0.3) is 10.8 Å². The van der Waals surface area contributed by atoms with Crippen molar-refractivity contribution >= 4 is 22.5 Å². The molecule has 23 heavy (non-hydrogen) atoms. The van der Waals surface area contributed by atoms with E-state index in [1.54, 1.807) is 32.0 Å². The van der Waals surface area contributed by atoms with Crippen molar-refractivity contribution in [3.05, 3.63) is 60.7 Å². The van der Waals surface area contributed by atoms with Gasteiger partial charge < -0.3 is 9.47 Å². The van der Waals surface area contributed by atoms with Crippen molar-refractivity contribution < 1.29 is 19.1 Å². The maximum atomic E-state index is 11.5. The van der Waals surface area contributed by atoms with Crippen LogP contribution in [0.15, 0.2) is 60.7 Å². The number of fused-ring (bicyclic) bond motifs is 1. The Bertz CT molecular complexity index is 802. The molecule has 2 aromatic rings. The van der Waals surface area contributed by atoms with Crippen LogP contribution in [0.5, 0.6) is 11.5 Å². The topological polar surface area (TPSA) is 52.6 Å². The molecule has 4 nitrogen and oxygen atoms in total. The molecular formula is C19H18O4. The Morgan fingerprint density at radius 2 is 1.48 bits per heavy atom. The Labute approximate surface area is 135 Å². The summed E-state index contributed by atoms with van der Waals surface area (Å²) >= 11 is 0. The van der Waals surface area contributed by atoms with Crippen molar-refractivity contribution in [1.82, 2.24) is 0 Å². The molecule has 0 radical (unpaired) electrons. The Balaban J connectivity index is 2.15. The lowest BCUT2D eigenvalue weighted by molar-refractivity contribution is -0.130. The van der Waals surface area contributed by atoms with Crippen LogP contribution >= 0.6 is 0 Å². The molecule has 0 amide bonds. The number of benzene rings is 2. The lowest BCUT2D eigenvalue weighted by Gasteiger charge is -2.08. The van der Waals surface area contributed by atoms with Crippen LogP contribution in [-0.4, -0.2) is 18.4 Å². The monoisotopic (exact) mass is 310 g/mol. The summed E-state index contributed by atoms with van der Waals surface area (Å²) in [6.45, 7) is 10.3. The van der Waals surface area contributed by atoms with E-state index >= 15 is 0 Å². The second-order valence-electron chi connectivity index (χ2n) is 5.33. The number of ketones is 1. The normalized spacial score (nSPS) is 10.2. The average Bonchev–Trinajstić information content (AvgIpc) is 2.52. The number of carbonyl (C=O) groups is 2. The predicted molar refractivity (Wildman–Crippen MR) is 89.7 cm³/mol. The largest absolute Gasteiger partial charge is 0.485 e. The summed E-state index contributed by atoms with van der Waals surface area (Å²) in [5, 5.41) is 1.82. The number of Topliss-reactive ketones (excluding diaryl/α,β-unsaturated/α-hetero) is 1. The summed E-state index contributed by atoms with van der Waals surface area (Å²) in [6, 6.07) is 10.7. The standard InChI is InChI=1S/C19H18O4/c1-12(2)18(20)11-22-16-7-5-15-10-17(8-6-14(15)9-16)23-19(21)13(3)4/h5-10H,1,3,11H2,2,4H3. The molecule has 2 aromatic carbocycles.